The zero-order chi connectivity index (χ0) is 17.4. The molecule has 4 rings (SSSR count). The summed E-state index contributed by atoms with van der Waals surface area (Å²) >= 11 is 0. The molecule has 0 aliphatic carbocycles. The Hall–Kier alpha value is -2.47. The van der Waals surface area contributed by atoms with Gasteiger partial charge < -0.3 is 0 Å². The lowest BCUT2D eigenvalue weighted by atomic mass is 10.1. The molecule has 1 aliphatic rings. The number of benzene rings is 1. The van der Waals surface area contributed by atoms with E-state index in [2.05, 4.69) is 62.4 Å². The number of hydrogen-bond donors (Lipinski definition) is 1. The second-order valence-corrected chi connectivity index (χ2v) is 6.92. The number of nitrogens with one attached hydrogen (secondary N) is 1. The van der Waals surface area contributed by atoms with E-state index in [4.69, 9.17) is 0 Å². The van der Waals surface area contributed by atoms with Gasteiger partial charge in [-0.3, -0.25) is 10.00 Å². The minimum absolute atomic E-state index is 0.308. The lowest BCUT2D eigenvalue weighted by molar-refractivity contribution is 0.240. The van der Waals surface area contributed by atoms with Crippen LogP contribution in [0, 0.1) is 20.8 Å². The fourth-order valence-corrected chi connectivity index (χ4v) is 3.73. The topological polar surface area (TPSA) is 62.6 Å². The fourth-order valence-electron chi connectivity index (χ4n) is 3.73. The summed E-state index contributed by atoms with van der Waals surface area (Å²) in [6, 6.07) is 11.1. The number of likely N-dealkylation sites (tertiary alicyclic amines) is 1. The predicted octanol–water partition coefficient (Wildman–Crippen LogP) is 3.25. The molecule has 0 unspecified atom stereocenters. The first-order valence-electron chi connectivity index (χ1n) is 8.86. The molecule has 6 nitrogen and oxygen atoms in total. The molecule has 0 saturated carbocycles. The number of nitrogens with zero attached hydrogens (tertiary/aromatic N) is 5. The third-order valence-electron chi connectivity index (χ3n) is 4.83. The van der Waals surface area contributed by atoms with E-state index in [1.54, 1.807) is 0 Å². The standard InChI is InChI=1S/C19H24N6/c1-13-10-14(2)25(23-13)17-7-4-6-16(11-17)12-24-9-5-8-18(24)19-20-15(3)21-22-19/h4,6-7,10-11,18H,5,8-9,12H2,1-3H3,(H,20,21,22)/t18-/m0/s1. The van der Waals surface area contributed by atoms with Crippen LogP contribution in [0.5, 0.6) is 0 Å². The molecule has 0 radical (unpaired) electrons. The average molecular weight is 336 g/mol. The van der Waals surface area contributed by atoms with E-state index < -0.39 is 0 Å². The average Bonchev–Trinajstić information content (AvgIpc) is 3.28. The monoisotopic (exact) mass is 336 g/mol. The van der Waals surface area contributed by atoms with E-state index in [0.717, 1.165) is 48.2 Å². The van der Waals surface area contributed by atoms with Gasteiger partial charge in [0.1, 0.15) is 5.82 Å². The molecule has 3 aromatic rings. The normalized spacial score (nSPS) is 18.1. The molecule has 2 aromatic heterocycles. The van der Waals surface area contributed by atoms with Gasteiger partial charge >= 0.3 is 0 Å². The molecule has 1 aromatic carbocycles. The van der Waals surface area contributed by atoms with Crippen molar-refractivity contribution in [1.82, 2.24) is 29.9 Å². The Balaban J connectivity index is 1.56. The third kappa shape index (κ3) is 3.22. The van der Waals surface area contributed by atoms with Crippen molar-refractivity contribution in [2.24, 2.45) is 0 Å². The smallest absolute Gasteiger partial charge is 0.167 e. The first-order chi connectivity index (χ1) is 12.1. The van der Waals surface area contributed by atoms with Crippen LogP contribution in [-0.2, 0) is 6.54 Å². The lowest BCUT2D eigenvalue weighted by Gasteiger charge is -2.22. The molecule has 130 valence electrons. The molecule has 0 spiro atoms. The summed E-state index contributed by atoms with van der Waals surface area (Å²) in [7, 11) is 0. The van der Waals surface area contributed by atoms with Gasteiger partial charge in [0.05, 0.1) is 17.4 Å². The van der Waals surface area contributed by atoms with Gasteiger partial charge in [-0.1, -0.05) is 12.1 Å². The summed E-state index contributed by atoms with van der Waals surface area (Å²) in [6.45, 7) is 8.07. The van der Waals surface area contributed by atoms with Crippen LogP contribution in [0.4, 0.5) is 0 Å². The molecule has 3 heterocycles. The van der Waals surface area contributed by atoms with Crippen LogP contribution in [0.2, 0.25) is 0 Å². The van der Waals surface area contributed by atoms with Gasteiger partial charge in [0.25, 0.3) is 0 Å². The van der Waals surface area contributed by atoms with E-state index in [9.17, 15) is 0 Å². The highest BCUT2D eigenvalue weighted by atomic mass is 15.3. The zero-order valence-corrected chi connectivity index (χ0v) is 15.0. The molecule has 1 aliphatic heterocycles. The maximum absolute atomic E-state index is 4.60. The first-order valence-corrected chi connectivity index (χ1v) is 8.86. The fraction of sp³-hybridized carbons (Fsp3) is 0.421. The van der Waals surface area contributed by atoms with E-state index in [1.165, 1.54) is 12.0 Å². The van der Waals surface area contributed by atoms with Crippen LogP contribution >= 0.6 is 0 Å². The molecule has 1 N–H and O–H groups in total. The number of aromatic nitrogens is 5. The SMILES string of the molecule is Cc1cc(C)n(-c2cccc(CN3CCC[C@H]3c3n[nH]c(C)n3)c2)n1. The number of rotatable bonds is 4. The summed E-state index contributed by atoms with van der Waals surface area (Å²) < 4.78 is 2.01. The van der Waals surface area contributed by atoms with Crippen molar-refractivity contribution < 1.29 is 0 Å². The van der Waals surface area contributed by atoms with Crippen LogP contribution in [0.1, 0.15) is 47.5 Å². The van der Waals surface area contributed by atoms with E-state index in [0.29, 0.717) is 6.04 Å². The van der Waals surface area contributed by atoms with Gasteiger partial charge in [0.15, 0.2) is 5.82 Å². The van der Waals surface area contributed by atoms with Crippen molar-refractivity contribution in [3.63, 3.8) is 0 Å². The van der Waals surface area contributed by atoms with Gasteiger partial charge in [0.2, 0.25) is 0 Å². The van der Waals surface area contributed by atoms with Gasteiger partial charge in [-0.05, 0) is 63.9 Å². The van der Waals surface area contributed by atoms with Crippen LogP contribution in [0.25, 0.3) is 5.69 Å². The maximum atomic E-state index is 4.60. The molecular formula is C19H24N6. The van der Waals surface area contributed by atoms with Gasteiger partial charge in [-0.2, -0.15) is 10.2 Å². The Morgan fingerprint density at radius 1 is 1.20 bits per heavy atom. The Labute approximate surface area is 147 Å². The molecule has 1 fully saturated rings. The highest BCUT2D eigenvalue weighted by Gasteiger charge is 2.29. The molecule has 0 amide bonds. The van der Waals surface area contributed by atoms with E-state index in [-0.39, 0.29) is 0 Å². The predicted molar refractivity (Wildman–Crippen MR) is 96.5 cm³/mol. The van der Waals surface area contributed by atoms with Crippen molar-refractivity contribution in [3.8, 4) is 5.69 Å². The highest BCUT2D eigenvalue weighted by molar-refractivity contribution is 5.37. The summed E-state index contributed by atoms with van der Waals surface area (Å²) in [5, 5.41) is 11.9. The van der Waals surface area contributed by atoms with E-state index in [1.807, 2.05) is 18.5 Å². The quantitative estimate of drug-likeness (QED) is 0.794. The zero-order valence-electron chi connectivity index (χ0n) is 15.0. The van der Waals surface area contributed by atoms with Crippen LogP contribution in [0.15, 0.2) is 30.3 Å². The van der Waals surface area contributed by atoms with Crippen molar-refractivity contribution in [2.75, 3.05) is 6.54 Å². The Morgan fingerprint density at radius 3 is 2.80 bits per heavy atom. The third-order valence-corrected chi connectivity index (χ3v) is 4.83. The summed E-state index contributed by atoms with van der Waals surface area (Å²) in [4.78, 5) is 7.02. The highest BCUT2D eigenvalue weighted by Crippen LogP contribution is 2.31. The largest absolute Gasteiger partial charge is 0.289 e. The Kier molecular flexibility index (Phi) is 4.13. The summed E-state index contributed by atoms with van der Waals surface area (Å²) in [6.07, 6.45) is 2.31. The summed E-state index contributed by atoms with van der Waals surface area (Å²) in [5.74, 6) is 1.80. The van der Waals surface area contributed by atoms with Crippen molar-refractivity contribution in [3.05, 3.63) is 58.9 Å². The second-order valence-electron chi connectivity index (χ2n) is 6.92. The van der Waals surface area contributed by atoms with Crippen LogP contribution in [-0.4, -0.2) is 36.4 Å². The minimum Gasteiger partial charge on any atom is -0.289 e. The minimum atomic E-state index is 0.308. The first kappa shape index (κ1) is 16.0. The maximum Gasteiger partial charge on any atom is 0.167 e. The van der Waals surface area contributed by atoms with Crippen LogP contribution < -0.4 is 0 Å². The van der Waals surface area contributed by atoms with Crippen molar-refractivity contribution in [1.29, 1.82) is 0 Å². The second kappa shape index (κ2) is 6.44. The molecular weight excluding hydrogens is 312 g/mol. The van der Waals surface area contributed by atoms with Crippen LogP contribution in [0.3, 0.4) is 0 Å². The number of H-pyrrole nitrogens is 1. The number of aromatic amines is 1. The Morgan fingerprint density at radius 2 is 2.08 bits per heavy atom. The number of aryl methyl sites for hydroxylation is 3. The van der Waals surface area contributed by atoms with Gasteiger partial charge in [0, 0.05) is 12.2 Å². The molecule has 0 bridgehead atoms. The Bertz CT molecular complexity index is 878. The van der Waals surface area contributed by atoms with E-state index >= 15 is 0 Å². The summed E-state index contributed by atoms with van der Waals surface area (Å²) in [5.41, 5.74) is 4.61. The molecule has 6 heteroatoms. The van der Waals surface area contributed by atoms with Gasteiger partial charge in [-0.15, -0.1) is 0 Å². The van der Waals surface area contributed by atoms with Crippen molar-refractivity contribution >= 4 is 0 Å². The van der Waals surface area contributed by atoms with Crippen molar-refractivity contribution in [2.45, 2.75) is 46.2 Å². The molecule has 25 heavy (non-hydrogen) atoms. The number of hydrogen-bond acceptors (Lipinski definition) is 4. The molecule has 1 atom stereocenters. The van der Waals surface area contributed by atoms with Gasteiger partial charge in [-0.25, -0.2) is 9.67 Å². The molecule has 1 saturated heterocycles. The lowest BCUT2D eigenvalue weighted by Crippen LogP contribution is -2.23.